The average Bonchev–Trinajstić information content (AvgIpc) is 2.94. The molecule has 4 nitrogen and oxygen atoms in total. The lowest BCUT2D eigenvalue weighted by Gasteiger charge is -2.22. The first-order valence-electron chi connectivity index (χ1n) is 5.81. The highest BCUT2D eigenvalue weighted by Crippen LogP contribution is 2.35. The second-order valence-corrected chi connectivity index (χ2v) is 4.09. The highest BCUT2D eigenvalue weighted by atomic mass is 16.5. The van der Waals surface area contributed by atoms with Gasteiger partial charge in [0.25, 0.3) is 0 Å². The minimum Gasteiger partial charge on any atom is -0.496 e. The van der Waals surface area contributed by atoms with Crippen molar-refractivity contribution < 1.29 is 14.3 Å². The maximum absolute atomic E-state index is 10.3. The van der Waals surface area contributed by atoms with Crippen LogP contribution in [0.2, 0.25) is 0 Å². The molecule has 0 aliphatic rings. The van der Waals surface area contributed by atoms with Crippen LogP contribution in [0.4, 0.5) is 0 Å². The summed E-state index contributed by atoms with van der Waals surface area (Å²) in [4.78, 5) is 0. The zero-order valence-electron chi connectivity index (χ0n) is 10.2. The number of aliphatic hydroxyl groups excluding tert-OH is 1. The number of para-hydroxylation sites is 1. The summed E-state index contributed by atoms with van der Waals surface area (Å²) in [6.07, 6.45) is 2.36. The molecule has 0 bridgehead atoms. The van der Waals surface area contributed by atoms with Gasteiger partial charge in [0.15, 0.2) is 0 Å². The summed E-state index contributed by atoms with van der Waals surface area (Å²) in [5.74, 6) is 0.509. The van der Waals surface area contributed by atoms with Gasteiger partial charge in [-0.2, -0.15) is 0 Å². The highest BCUT2D eigenvalue weighted by Gasteiger charge is 2.24. The molecular formula is C14H17NO3. The summed E-state index contributed by atoms with van der Waals surface area (Å²) in [7, 11) is 1.61. The predicted octanol–water partition coefficient (Wildman–Crippen LogP) is 2.06. The van der Waals surface area contributed by atoms with Gasteiger partial charge in [-0.3, -0.25) is 0 Å². The normalized spacial score (nSPS) is 14.2. The van der Waals surface area contributed by atoms with Crippen LogP contribution in [0.5, 0.6) is 5.75 Å². The molecule has 1 aromatic carbocycles. The summed E-state index contributed by atoms with van der Waals surface area (Å²) in [5.41, 5.74) is 7.41. The van der Waals surface area contributed by atoms with Gasteiger partial charge in [0.1, 0.15) is 5.75 Å². The molecule has 2 aromatic rings. The van der Waals surface area contributed by atoms with Gasteiger partial charge in [-0.05, 0) is 12.1 Å². The zero-order valence-corrected chi connectivity index (χ0v) is 10.2. The fourth-order valence-corrected chi connectivity index (χ4v) is 2.07. The van der Waals surface area contributed by atoms with Crippen LogP contribution >= 0.6 is 0 Å². The fourth-order valence-electron chi connectivity index (χ4n) is 2.07. The van der Waals surface area contributed by atoms with Crippen molar-refractivity contribution in [2.75, 3.05) is 13.7 Å². The smallest absolute Gasteiger partial charge is 0.122 e. The number of furan rings is 1. The summed E-state index contributed by atoms with van der Waals surface area (Å²) < 4.78 is 10.3. The van der Waals surface area contributed by atoms with Crippen molar-refractivity contribution >= 4 is 0 Å². The first-order chi connectivity index (χ1) is 8.77. The maximum Gasteiger partial charge on any atom is 0.122 e. The standard InChI is InChI=1S/C14H17NO3/c1-17-13-5-3-2-4-11(13)12(8-15)14(16)10-6-7-18-9-10/h2-7,9,12,14,16H,8,15H2,1H3. The van der Waals surface area contributed by atoms with E-state index in [0.717, 1.165) is 16.9 Å². The molecule has 0 saturated carbocycles. The van der Waals surface area contributed by atoms with Crippen molar-refractivity contribution in [2.24, 2.45) is 5.73 Å². The van der Waals surface area contributed by atoms with Crippen LogP contribution in [-0.2, 0) is 0 Å². The molecular weight excluding hydrogens is 230 g/mol. The van der Waals surface area contributed by atoms with Crippen molar-refractivity contribution in [3.05, 3.63) is 54.0 Å². The van der Waals surface area contributed by atoms with E-state index in [4.69, 9.17) is 14.9 Å². The Morgan fingerprint density at radius 3 is 2.72 bits per heavy atom. The van der Waals surface area contributed by atoms with E-state index < -0.39 is 6.10 Å². The SMILES string of the molecule is COc1ccccc1C(CN)C(O)c1ccoc1. The number of rotatable bonds is 5. The monoisotopic (exact) mass is 247 g/mol. The molecule has 4 heteroatoms. The molecule has 2 unspecified atom stereocenters. The third kappa shape index (κ3) is 2.39. The van der Waals surface area contributed by atoms with Crippen molar-refractivity contribution in [3.8, 4) is 5.75 Å². The van der Waals surface area contributed by atoms with Crippen LogP contribution in [0.15, 0.2) is 47.3 Å². The molecule has 0 radical (unpaired) electrons. The molecule has 1 heterocycles. The lowest BCUT2D eigenvalue weighted by molar-refractivity contribution is 0.145. The van der Waals surface area contributed by atoms with Gasteiger partial charge in [0.05, 0.1) is 25.7 Å². The van der Waals surface area contributed by atoms with Gasteiger partial charge >= 0.3 is 0 Å². The van der Waals surface area contributed by atoms with Gasteiger partial charge < -0.3 is 20.0 Å². The third-order valence-corrected chi connectivity index (χ3v) is 3.06. The van der Waals surface area contributed by atoms with E-state index in [1.54, 1.807) is 13.2 Å². The minimum atomic E-state index is -0.704. The second kappa shape index (κ2) is 5.71. The Kier molecular flexibility index (Phi) is 4.02. The Bertz CT molecular complexity index is 482. The number of benzene rings is 1. The Hall–Kier alpha value is -1.78. The number of aliphatic hydroxyl groups is 1. The lowest BCUT2D eigenvalue weighted by atomic mass is 9.89. The number of nitrogens with two attached hydrogens (primary N) is 1. The van der Waals surface area contributed by atoms with Crippen molar-refractivity contribution in [3.63, 3.8) is 0 Å². The topological polar surface area (TPSA) is 68.6 Å². The Balaban J connectivity index is 2.33. The number of hydrogen-bond acceptors (Lipinski definition) is 4. The zero-order chi connectivity index (χ0) is 13.0. The quantitative estimate of drug-likeness (QED) is 0.848. The summed E-state index contributed by atoms with van der Waals surface area (Å²) >= 11 is 0. The van der Waals surface area contributed by atoms with Gasteiger partial charge in [0, 0.05) is 23.6 Å². The van der Waals surface area contributed by atoms with Crippen molar-refractivity contribution in [1.82, 2.24) is 0 Å². The van der Waals surface area contributed by atoms with Crippen LogP contribution < -0.4 is 10.5 Å². The molecule has 2 atom stereocenters. The predicted molar refractivity (Wildman–Crippen MR) is 68.5 cm³/mol. The molecule has 1 aromatic heterocycles. The fraction of sp³-hybridized carbons (Fsp3) is 0.286. The van der Waals surface area contributed by atoms with Crippen LogP contribution in [0.25, 0.3) is 0 Å². The summed E-state index contributed by atoms with van der Waals surface area (Å²) in [5, 5.41) is 10.3. The van der Waals surface area contributed by atoms with Gasteiger partial charge in [-0.15, -0.1) is 0 Å². The minimum absolute atomic E-state index is 0.223. The van der Waals surface area contributed by atoms with E-state index in [0.29, 0.717) is 6.54 Å². The summed E-state index contributed by atoms with van der Waals surface area (Å²) in [6, 6.07) is 9.31. The van der Waals surface area contributed by atoms with E-state index in [9.17, 15) is 5.11 Å². The maximum atomic E-state index is 10.3. The van der Waals surface area contributed by atoms with Crippen LogP contribution in [0, 0.1) is 0 Å². The molecule has 2 rings (SSSR count). The van der Waals surface area contributed by atoms with Gasteiger partial charge in [0.2, 0.25) is 0 Å². The first kappa shape index (κ1) is 12.7. The Morgan fingerprint density at radius 2 is 2.11 bits per heavy atom. The largest absolute Gasteiger partial charge is 0.496 e. The molecule has 0 aliphatic carbocycles. The molecule has 3 N–H and O–H groups in total. The number of hydrogen-bond donors (Lipinski definition) is 2. The van der Waals surface area contributed by atoms with E-state index >= 15 is 0 Å². The van der Waals surface area contributed by atoms with Crippen molar-refractivity contribution in [2.45, 2.75) is 12.0 Å². The van der Waals surface area contributed by atoms with Crippen LogP contribution in [0.1, 0.15) is 23.1 Å². The highest BCUT2D eigenvalue weighted by molar-refractivity contribution is 5.38. The molecule has 0 fully saturated rings. The van der Waals surface area contributed by atoms with E-state index in [1.807, 2.05) is 24.3 Å². The average molecular weight is 247 g/mol. The number of ether oxygens (including phenoxy) is 1. The van der Waals surface area contributed by atoms with Crippen LogP contribution in [0.3, 0.4) is 0 Å². The van der Waals surface area contributed by atoms with E-state index in [2.05, 4.69) is 0 Å². The van der Waals surface area contributed by atoms with Gasteiger partial charge in [-0.1, -0.05) is 18.2 Å². The first-order valence-corrected chi connectivity index (χ1v) is 5.81. The second-order valence-electron chi connectivity index (χ2n) is 4.09. The molecule has 18 heavy (non-hydrogen) atoms. The van der Waals surface area contributed by atoms with Gasteiger partial charge in [-0.25, -0.2) is 0 Å². The Labute approximate surface area is 106 Å². The van der Waals surface area contributed by atoms with E-state index in [1.165, 1.54) is 12.5 Å². The molecule has 96 valence electrons. The molecule has 0 saturated heterocycles. The third-order valence-electron chi connectivity index (χ3n) is 3.06. The summed E-state index contributed by atoms with van der Waals surface area (Å²) in [6.45, 7) is 0.326. The number of methoxy groups -OCH3 is 1. The van der Waals surface area contributed by atoms with Crippen LogP contribution in [-0.4, -0.2) is 18.8 Å². The van der Waals surface area contributed by atoms with Crippen molar-refractivity contribution in [1.29, 1.82) is 0 Å². The molecule has 0 amide bonds. The lowest BCUT2D eigenvalue weighted by Crippen LogP contribution is -2.20. The van der Waals surface area contributed by atoms with E-state index in [-0.39, 0.29) is 5.92 Å². The Morgan fingerprint density at radius 1 is 1.33 bits per heavy atom. The molecule has 0 aliphatic heterocycles. The molecule has 0 spiro atoms.